The molecule has 1 aromatic heterocycles. The van der Waals surface area contributed by atoms with Gasteiger partial charge in [0.25, 0.3) is 0 Å². The van der Waals surface area contributed by atoms with Crippen molar-refractivity contribution in [3.8, 4) is 0 Å². The van der Waals surface area contributed by atoms with Gasteiger partial charge in [0.2, 0.25) is 0 Å². The van der Waals surface area contributed by atoms with Crippen molar-refractivity contribution >= 4 is 33.0 Å². The molecule has 0 fully saturated rings. The van der Waals surface area contributed by atoms with Gasteiger partial charge < -0.3 is 4.90 Å². The van der Waals surface area contributed by atoms with Gasteiger partial charge in [0.1, 0.15) is 0 Å². The third-order valence-electron chi connectivity index (χ3n) is 3.67. The first-order valence-corrected chi connectivity index (χ1v) is 8.55. The summed E-state index contributed by atoms with van der Waals surface area (Å²) in [5, 5.41) is 2.43. The zero-order chi connectivity index (χ0) is 15.0. The Hall–Kier alpha value is -1.01. The molecule has 2 heterocycles. The van der Waals surface area contributed by atoms with E-state index in [1.807, 2.05) is 16.3 Å². The van der Waals surface area contributed by atoms with Gasteiger partial charge >= 0.3 is 6.18 Å². The molecule has 0 atom stereocenters. The molecule has 6 heteroatoms. The average Bonchev–Trinajstić information content (AvgIpc) is 2.93. The number of halogens is 4. The van der Waals surface area contributed by atoms with Gasteiger partial charge in [0.15, 0.2) is 0 Å². The van der Waals surface area contributed by atoms with Gasteiger partial charge in [-0.3, -0.25) is 0 Å². The predicted molar refractivity (Wildman–Crippen MR) is 83.1 cm³/mol. The third-order valence-corrected chi connectivity index (χ3v) is 5.34. The first-order chi connectivity index (χ1) is 9.99. The molecule has 0 radical (unpaired) electrons. The van der Waals surface area contributed by atoms with Gasteiger partial charge in [-0.2, -0.15) is 13.2 Å². The summed E-state index contributed by atoms with van der Waals surface area (Å²) < 4.78 is 39.9. The van der Waals surface area contributed by atoms with Crippen molar-refractivity contribution < 1.29 is 13.2 Å². The van der Waals surface area contributed by atoms with Crippen LogP contribution in [0, 0.1) is 0 Å². The van der Waals surface area contributed by atoms with Gasteiger partial charge in [-0.15, -0.1) is 11.3 Å². The highest BCUT2D eigenvalue weighted by atomic mass is 79.9. The van der Waals surface area contributed by atoms with Gasteiger partial charge in [0, 0.05) is 29.0 Å². The predicted octanol–water partition coefficient (Wildman–Crippen LogP) is 5.22. The Labute approximate surface area is 133 Å². The molecule has 0 N–H and O–H groups in total. The topological polar surface area (TPSA) is 3.24 Å². The minimum atomic E-state index is -4.33. The van der Waals surface area contributed by atoms with Crippen molar-refractivity contribution in [3.05, 3.63) is 51.2 Å². The molecule has 2 aromatic rings. The first-order valence-electron chi connectivity index (χ1n) is 6.55. The Kier molecular flexibility index (Phi) is 4.01. The fourth-order valence-corrected chi connectivity index (χ4v) is 3.86. The van der Waals surface area contributed by atoms with Gasteiger partial charge in [-0.1, -0.05) is 22.0 Å². The van der Waals surface area contributed by atoms with Crippen LogP contribution in [0.15, 0.2) is 29.6 Å². The Bertz CT molecular complexity index is 651. The zero-order valence-electron chi connectivity index (χ0n) is 11.1. The molecule has 112 valence electrons. The second kappa shape index (κ2) is 5.65. The van der Waals surface area contributed by atoms with Crippen LogP contribution in [0.5, 0.6) is 0 Å². The lowest BCUT2D eigenvalue weighted by molar-refractivity contribution is -0.137. The molecule has 0 unspecified atom stereocenters. The lowest BCUT2D eigenvalue weighted by Crippen LogP contribution is -2.31. The van der Waals surface area contributed by atoms with Gasteiger partial charge in [0.05, 0.1) is 5.56 Å². The summed E-state index contributed by atoms with van der Waals surface area (Å²) in [5.74, 6) is 0. The van der Waals surface area contributed by atoms with Crippen molar-refractivity contribution in [2.75, 3.05) is 11.4 Å². The van der Waals surface area contributed by atoms with E-state index in [-0.39, 0.29) is 5.69 Å². The number of alkyl halides is 4. The number of benzene rings is 1. The number of hydrogen-bond acceptors (Lipinski definition) is 2. The molecule has 1 aliphatic heterocycles. The summed E-state index contributed by atoms with van der Waals surface area (Å²) in [7, 11) is 0. The van der Waals surface area contributed by atoms with E-state index in [1.165, 1.54) is 10.9 Å². The van der Waals surface area contributed by atoms with Gasteiger partial charge in [-0.05, 0) is 41.1 Å². The van der Waals surface area contributed by atoms with E-state index in [0.717, 1.165) is 12.0 Å². The number of anilines is 1. The van der Waals surface area contributed by atoms with Gasteiger partial charge in [-0.25, -0.2) is 0 Å². The molecule has 3 rings (SSSR count). The van der Waals surface area contributed by atoms with E-state index in [1.54, 1.807) is 23.5 Å². The Balaban J connectivity index is 1.99. The summed E-state index contributed by atoms with van der Waals surface area (Å²) in [6, 6.07) is 6.60. The molecular formula is C15H13BrF3NS. The quantitative estimate of drug-likeness (QED) is 0.650. The van der Waals surface area contributed by atoms with Crippen LogP contribution in [-0.4, -0.2) is 6.54 Å². The molecule has 21 heavy (non-hydrogen) atoms. The number of nitrogens with zero attached hydrogens (tertiary/aromatic N) is 1. The van der Waals surface area contributed by atoms with E-state index in [2.05, 4.69) is 15.9 Å². The molecule has 0 aliphatic carbocycles. The average molecular weight is 376 g/mol. The maximum Gasteiger partial charge on any atom is 0.418 e. The summed E-state index contributed by atoms with van der Waals surface area (Å²) in [5.41, 5.74) is 1.52. The number of rotatable bonds is 2. The summed E-state index contributed by atoms with van der Waals surface area (Å²) in [6.07, 6.45) is -3.52. The molecule has 0 bridgehead atoms. The lowest BCUT2D eigenvalue weighted by atomic mass is 10.0. The lowest BCUT2D eigenvalue weighted by Gasteiger charge is -2.31. The smallest absolute Gasteiger partial charge is 0.366 e. The van der Waals surface area contributed by atoms with Crippen molar-refractivity contribution in [2.45, 2.75) is 24.5 Å². The van der Waals surface area contributed by atoms with Crippen LogP contribution < -0.4 is 4.90 Å². The van der Waals surface area contributed by atoms with Crippen LogP contribution in [0.25, 0.3) is 0 Å². The molecule has 0 saturated heterocycles. The standard InChI is InChI=1S/C15H13BrF3NS/c16-8-10-1-2-13(12(7-10)15(17,18)19)20-5-3-14-11(9-20)4-6-21-14/h1-2,4,6-7H,3,5,8-9H2. The summed E-state index contributed by atoms with van der Waals surface area (Å²) in [4.78, 5) is 3.12. The van der Waals surface area contributed by atoms with Crippen molar-refractivity contribution in [2.24, 2.45) is 0 Å². The molecule has 1 aromatic carbocycles. The molecule has 0 spiro atoms. The van der Waals surface area contributed by atoms with Crippen LogP contribution in [-0.2, 0) is 24.5 Å². The second-order valence-corrected chi connectivity index (χ2v) is 6.58. The second-order valence-electron chi connectivity index (χ2n) is 5.02. The number of thiophene rings is 1. The summed E-state index contributed by atoms with van der Waals surface area (Å²) in [6.45, 7) is 1.18. The largest absolute Gasteiger partial charge is 0.418 e. The van der Waals surface area contributed by atoms with Crippen molar-refractivity contribution in [1.29, 1.82) is 0 Å². The highest BCUT2D eigenvalue weighted by Gasteiger charge is 2.35. The van der Waals surface area contributed by atoms with E-state index >= 15 is 0 Å². The monoisotopic (exact) mass is 375 g/mol. The normalized spacial score (nSPS) is 15.1. The van der Waals surface area contributed by atoms with Crippen LogP contribution in [0.1, 0.15) is 21.6 Å². The van der Waals surface area contributed by atoms with Crippen LogP contribution in [0.4, 0.5) is 18.9 Å². The highest BCUT2D eigenvalue weighted by Crippen LogP contribution is 2.39. The van der Waals surface area contributed by atoms with Crippen molar-refractivity contribution in [1.82, 2.24) is 0 Å². The molecule has 0 saturated carbocycles. The Morgan fingerprint density at radius 3 is 2.76 bits per heavy atom. The van der Waals surface area contributed by atoms with Crippen LogP contribution >= 0.6 is 27.3 Å². The fourth-order valence-electron chi connectivity index (χ4n) is 2.62. The molecule has 0 amide bonds. The maximum absolute atomic E-state index is 13.3. The third kappa shape index (κ3) is 2.97. The summed E-state index contributed by atoms with van der Waals surface area (Å²) >= 11 is 4.90. The fraction of sp³-hybridized carbons (Fsp3) is 0.333. The van der Waals surface area contributed by atoms with Crippen molar-refractivity contribution in [3.63, 3.8) is 0 Å². The van der Waals surface area contributed by atoms with E-state index < -0.39 is 11.7 Å². The number of hydrogen-bond donors (Lipinski definition) is 0. The SMILES string of the molecule is FC(F)(F)c1cc(CBr)ccc1N1CCc2sccc2C1. The Morgan fingerprint density at radius 2 is 2.05 bits per heavy atom. The van der Waals surface area contributed by atoms with E-state index in [4.69, 9.17) is 0 Å². The Morgan fingerprint density at radius 1 is 1.24 bits per heavy atom. The van der Waals surface area contributed by atoms with E-state index in [9.17, 15) is 13.2 Å². The molecule has 1 nitrogen and oxygen atoms in total. The maximum atomic E-state index is 13.3. The minimum absolute atomic E-state index is 0.282. The molecular weight excluding hydrogens is 363 g/mol. The van der Waals surface area contributed by atoms with Crippen LogP contribution in [0.3, 0.4) is 0 Å². The first kappa shape index (κ1) is 14.9. The highest BCUT2D eigenvalue weighted by molar-refractivity contribution is 9.08. The van der Waals surface area contributed by atoms with E-state index in [0.29, 0.717) is 24.0 Å². The minimum Gasteiger partial charge on any atom is -0.366 e. The van der Waals surface area contributed by atoms with Crippen LogP contribution in [0.2, 0.25) is 0 Å². The number of fused-ring (bicyclic) bond motifs is 1. The zero-order valence-corrected chi connectivity index (χ0v) is 13.5. The molecule has 1 aliphatic rings.